The summed E-state index contributed by atoms with van der Waals surface area (Å²) in [6.07, 6.45) is 0. The van der Waals surface area contributed by atoms with Crippen LogP contribution in [0.4, 0.5) is 5.69 Å². The van der Waals surface area contributed by atoms with E-state index in [0.717, 1.165) is 11.5 Å². The maximum Gasteiger partial charge on any atom is 0.340 e. The number of methoxy groups -OCH3 is 2. The molecule has 0 radical (unpaired) electrons. The summed E-state index contributed by atoms with van der Waals surface area (Å²) in [6.45, 7) is 1.45. The van der Waals surface area contributed by atoms with Gasteiger partial charge in [-0.3, -0.25) is 10.1 Å². The van der Waals surface area contributed by atoms with Gasteiger partial charge in [0.05, 0.1) is 41.5 Å². The Labute approximate surface area is 171 Å². The minimum atomic E-state index is -0.802. The second-order valence-corrected chi connectivity index (χ2v) is 6.29. The first kappa shape index (κ1) is 20.7. The monoisotopic (exact) mass is 410 g/mol. The number of para-hydroxylation sites is 1. The molecule has 154 valence electrons. The fourth-order valence-electron chi connectivity index (χ4n) is 3.09. The van der Waals surface area contributed by atoms with Crippen molar-refractivity contribution in [2.24, 2.45) is 0 Å². The highest BCUT2D eigenvalue weighted by atomic mass is 16.6. The first-order valence-corrected chi connectivity index (χ1v) is 8.83. The number of esters is 2. The van der Waals surface area contributed by atoms with Gasteiger partial charge in [-0.25, -0.2) is 14.6 Å². The van der Waals surface area contributed by atoms with Crippen molar-refractivity contribution in [3.05, 3.63) is 75.0 Å². The van der Waals surface area contributed by atoms with Gasteiger partial charge in [0, 0.05) is 11.5 Å². The molecule has 3 aromatic rings. The van der Waals surface area contributed by atoms with Crippen LogP contribution >= 0.6 is 0 Å². The minimum Gasteiger partial charge on any atom is -0.490 e. The first-order chi connectivity index (χ1) is 14.4. The van der Waals surface area contributed by atoms with E-state index in [2.05, 4.69) is 4.98 Å². The zero-order valence-corrected chi connectivity index (χ0v) is 16.5. The molecule has 3 rings (SSSR count). The number of fused-ring (bicyclic) bond motifs is 1. The molecule has 0 spiro atoms. The van der Waals surface area contributed by atoms with Crippen LogP contribution in [0.5, 0.6) is 5.75 Å². The van der Waals surface area contributed by atoms with E-state index in [1.54, 1.807) is 19.1 Å². The first-order valence-electron chi connectivity index (χ1n) is 8.83. The van der Waals surface area contributed by atoms with Crippen LogP contribution in [0.2, 0.25) is 0 Å². The molecule has 0 aliphatic heterocycles. The second kappa shape index (κ2) is 8.56. The molecule has 9 nitrogen and oxygen atoms in total. The fraction of sp³-hybridized carbons (Fsp3) is 0.190. The van der Waals surface area contributed by atoms with Crippen molar-refractivity contribution >= 4 is 28.5 Å². The van der Waals surface area contributed by atoms with Gasteiger partial charge in [0.15, 0.2) is 5.75 Å². The van der Waals surface area contributed by atoms with Crippen molar-refractivity contribution in [1.29, 1.82) is 0 Å². The number of hydrogen-bond acceptors (Lipinski definition) is 8. The number of carbonyl (C=O) groups is 2. The van der Waals surface area contributed by atoms with Gasteiger partial charge in [0.25, 0.3) is 0 Å². The predicted octanol–water partition coefficient (Wildman–Crippen LogP) is 3.60. The molecule has 9 heteroatoms. The van der Waals surface area contributed by atoms with Crippen molar-refractivity contribution < 1.29 is 28.7 Å². The number of nitrogens with zero attached hydrogens (tertiary/aromatic N) is 2. The molecule has 0 amide bonds. The maximum atomic E-state index is 12.5. The number of hydrogen-bond donors (Lipinski definition) is 0. The predicted molar refractivity (Wildman–Crippen MR) is 107 cm³/mol. The molecular weight excluding hydrogens is 392 g/mol. The maximum absolute atomic E-state index is 12.5. The average molecular weight is 410 g/mol. The van der Waals surface area contributed by atoms with Crippen molar-refractivity contribution in [3.8, 4) is 5.75 Å². The van der Waals surface area contributed by atoms with Crippen molar-refractivity contribution in [2.75, 3.05) is 14.2 Å². The van der Waals surface area contributed by atoms with E-state index in [4.69, 9.17) is 14.2 Å². The number of rotatable bonds is 6. The van der Waals surface area contributed by atoms with Crippen molar-refractivity contribution in [1.82, 2.24) is 4.98 Å². The number of aryl methyl sites for hydroxylation is 1. The highest BCUT2D eigenvalue weighted by Crippen LogP contribution is 2.28. The highest BCUT2D eigenvalue weighted by molar-refractivity contribution is 5.98. The summed E-state index contributed by atoms with van der Waals surface area (Å²) >= 11 is 0. The molecule has 2 aromatic carbocycles. The van der Waals surface area contributed by atoms with Gasteiger partial charge >= 0.3 is 17.6 Å². The Morgan fingerprint density at radius 2 is 1.83 bits per heavy atom. The Bertz CT molecular complexity index is 1160. The van der Waals surface area contributed by atoms with Crippen LogP contribution in [-0.2, 0) is 16.1 Å². The number of benzene rings is 2. The lowest BCUT2D eigenvalue weighted by Gasteiger charge is -2.13. The molecule has 1 heterocycles. The Morgan fingerprint density at radius 3 is 2.50 bits per heavy atom. The minimum absolute atomic E-state index is 0.0244. The summed E-state index contributed by atoms with van der Waals surface area (Å²) in [4.78, 5) is 39.7. The van der Waals surface area contributed by atoms with Gasteiger partial charge in [-0.1, -0.05) is 18.2 Å². The lowest BCUT2D eigenvalue weighted by molar-refractivity contribution is -0.385. The zero-order chi connectivity index (χ0) is 21.8. The standard InChI is InChI=1S/C21H18N2O7/c1-12-14-6-4-5-7-15(14)22-16(19(12)21(25)29-3)11-30-20(24)13-8-9-18(28-2)17(10-13)23(26)27/h4-10H,11H2,1-3H3. The van der Waals surface area contributed by atoms with E-state index >= 15 is 0 Å². The van der Waals surface area contributed by atoms with Crippen LogP contribution in [0.25, 0.3) is 10.9 Å². The topological polar surface area (TPSA) is 118 Å². The van der Waals surface area contributed by atoms with Gasteiger partial charge in [0.1, 0.15) is 6.61 Å². The van der Waals surface area contributed by atoms with Crippen LogP contribution in [0.1, 0.15) is 32.0 Å². The molecule has 1 aromatic heterocycles. The van der Waals surface area contributed by atoms with Crippen molar-refractivity contribution in [2.45, 2.75) is 13.5 Å². The van der Waals surface area contributed by atoms with E-state index in [-0.39, 0.29) is 34.9 Å². The molecule has 0 fully saturated rings. The molecular formula is C21H18N2O7. The van der Waals surface area contributed by atoms with Crippen LogP contribution in [0, 0.1) is 17.0 Å². The Hall–Kier alpha value is -4.01. The number of nitro groups is 1. The molecule has 0 saturated heterocycles. The summed E-state index contributed by atoms with van der Waals surface area (Å²) in [6, 6.07) is 11.0. The second-order valence-electron chi connectivity index (χ2n) is 6.29. The third-order valence-electron chi connectivity index (χ3n) is 4.57. The highest BCUT2D eigenvalue weighted by Gasteiger charge is 2.22. The summed E-state index contributed by atoms with van der Waals surface area (Å²) < 4.78 is 15.1. The van der Waals surface area contributed by atoms with E-state index in [1.165, 1.54) is 26.4 Å². The molecule has 0 saturated carbocycles. The number of aromatic nitrogens is 1. The van der Waals surface area contributed by atoms with E-state index in [0.29, 0.717) is 11.1 Å². The van der Waals surface area contributed by atoms with Gasteiger partial charge in [-0.15, -0.1) is 0 Å². The summed E-state index contributed by atoms with van der Waals surface area (Å²) in [7, 11) is 2.55. The molecule has 0 aliphatic rings. The quantitative estimate of drug-likeness (QED) is 0.344. The fourth-order valence-corrected chi connectivity index (χ4v) is 3.09. The largest absolute Gasteiger partial charge is 0.490 e. The molecule has 0 N–H and O–H groups in total. The van der Waals surface area contributed by atoms with Crippen molar-refractivity contribution in [3.63, 3.8) is 0 Å². The summed E-state index contributed by atoms with van der Waals surface area (Å²) in [5, 5.41) is 11.9. The third-order valence-corrected chi connectivity index (χ3v) is 4.57. The van der Waals surface area contributed by atoms with Gasteiger partial charge < -0.3 is 14.2 Å². The van der Waals surface area contributed by atoms with Gasteiger partial charge in [-0.05, 0) is 30.7 Å². The summed E-state index contributed by atoms with van der Waals surface area (Å²) in [5.74, 6) is -1.38. The van der Waals surface area contributed by atoms with E-state index in [9.17, 15) is 19.7 Å². The Balaban J connectivity index is 1.93. The van der Waals surface area contributed by atoms with E-state index in [1.807, 2.05) is 12.1 Å². The lowest BCUT2D eigenvalue weighted by Crippen LogP contribution is -2.14. The third kappa shape index (κ3) is 3.90. The normalized spacial score (nSPS) is 10.5. The number of nitro benzene ring substituents is 1. The smallest absolute Gasteiger partial charge is 0.340 e. The Kier molecular flexibility index (Phi) is 5.91. The SMILES string of the molecule is COC(=O)c1c(COC(=O)c2ccc(OC)c([N+](=O)[O-])c2)nc2ccccc2c1C. The molecule has 0 unspecified atom stereocenters. The number of pyridine rings is 1. The lowest BCUT2D eigenvalue weighted by atomic mass is 10.0. The number of carbonyl (C=O) groups excluding carboxylic acids is 2. The van der Waals surface area contributed by atoms with Gasteiger partial charge in [0.2, 0.25) is 0 Å². The van der Waals surface area contributed by atoms with Gasteiger partial charge in [-0.2, -0.15) is 0 Å². The van der Waals surface area contributed by atoms with Crippen LogP contribution < -0.4 is 4.74 Å². The molecule has 0 aliphatic carbocycles. The summed E-state index contributed by atoms with van der Waals surface area (Å²) in [5.41, 5.74) is 1.34. The molecule has 0 atom stereocenters. The molecule has 0 bridgehead atoms. The van der Waals surface area contributed by atoms with Crippen LogP contribution in [0.3, 0.4) is 0 Å². The number of ether oxygens (including phenoxy) is 3. The van der Waals surface area contributed by atoms with Crippen LogP contribution in [0.15, 0.2) is 42.5 Å². The average Bonchev–Trinajstić information content (AvgIpc) is 2.76. The zero-order valence-electron chi connectivity index (χ0n) is 16.5. The molecule has 30 heavy (non-hydrogen) atoms. The van der Waals surface area contributed by atoms with E-state index < -0.39 is 16.9 Å². The van der Waals surface area contributed by atoms with Crippen LogP contribution in [-0.4, -0.2) is 36.1 Å². The Morgan fingerprint density at radius 1 is 1.10 bits per heavy atom.